The fourth-order valence-corrected chi connectivity index (χ4v) is 11.8. The first-order chi connectivity index (χ1) is 40.8. The Morgan fingerprint density at radius 3 is 0.482 bits per heavy atom. The molecule has 0 saturated carbocycles. The van der Waals surface area contributed by atoms with E-state index in [0.29, 0.717) is 25.7 Å². The minimum Gasteiger partial charge on any atom is -0.457 e. The molecule has 0 aliphatic heterocycles. The van der Waals surface area contributed by atoms with Gasteiger partial charge in [0.15, 0.2) is 13.2 Å². The van der Waals surface area contributed by atoms with E-state index in [-0.39, 0.29) is 25.7 Å². The SMILES string of the molecule is CCCCCCCCCCCCCCCCCC(=O)OCC(COC(=O)CCCCCCCCCCCCCCCCC)(OC(=O)CCCCCCCCCCCCCCCCC)OC(=O)CCCCCCCCCCCCCCCCC. The summed E-state index contributed by atoms with van der Waals surface area (Å²) in [7, 11) is 0. The highest BCUT2D eigenvalue weighted by molar-refractivity contribution is 5.73. The summed E-state index contributed by atoms with van der Waals surface area (Å²) >= 11 is 0. The van der Waals surface area contributed by atoms with Gasteiger partial charge in [-0.05, 0) is 25.7 Å². The molecular weight excluding hydrogens is 1030 g/mol. The van der Waals surface area contributed by atoms with Gasteiger partial charge in [0.25, 0.3) is 0 Å². The largest absolute Gasteiger partial charge is 0.457 e. The van der Waals surface area contributed by atoms with Gasteiger partial charge < -0.3 is 18.9 Å². The van der Waals surface area contributed by atoms with E-state index < -0.39 is 42.9 Å². The summed E-state index contributed by atoms with van der Waals surface area (Å²) in [6.45, 7) is 8.11. The van der Waals surface area contributed by atoms with Crippen LogP contribution in [-0.2, 0) is 38.1 Å². The Morgan fingerprint density at radius 1 is 0.193 bits per heavy atom. The van der Waals surface area contributed by atoms with Crippen molar-refractivity contribution in [3.8, 4) is 0 Å². The van der Waals surface area contributed by atoms with Crippen molar-refractivity contribution >= 4 is 23.9 Å². The predicted octanol–water partition coefficient (Wildman–Crippen LogP) is 24.9. The molecule has 0 saturated heterocycles. The zero-order valence-electron chi connectivity index (χ0n) is 56.4. The van der Waals surface area contributed by atoms with E-state index in [0.717, 1.165) is 64.2 Å². The van der Waals surface area contributed by atoms with E-state index in [1.807, 2.05) is 0 Å². The number of rotatable bonds is 70. The average Bonchev–Trinajstić information content (AvgIpc) is 3.53. The summed E-state index contributed by atoms with van der Waals surface area (Å²) in [5.41, 5.74) is 0. The maximum atomic E-state index is 13.7. The molecule has 0 aromatic rings. The highest BCUT2D eigenvalue weighted by Crippen LogP contribution is 2.24. The highest BCUT2D eigenvalue weighted by atomic mass is 16.8. The van der Waals surface area contributed by atoms with Crippen molar-refractivity contribution in [3.63, 3.8) is 0 Å². The molecule has 0 bridgehead atoms. The van der Waals surface area contributed by atoms with Crippen molar-refractivity contribution in [3.05, 3.63) is 0 Å². The molecule has 0 heterocycles. The number of esters is 4. The van der Waals surface area contributed by atoms with E-state index in [1.54, 1.807) is 0 Å². The van der Waals surface area contributed by atoms with Crippen LogP contribution in [0.5, 0.6) is 0 Å². The Kier molecular flexibility index (Phi) is 65.7. The lowest BCUT2D eigenvalue weighted by Crippen LogP contribution is -2.49. The smallest absolute Gasteiger partial charge is 0.325 e. The summed E-state index contributed by atoms with van der Waals surface area (Å²) in [5.74, 6) is -3.95. The number of hydrogen-bond acceptors (Lipinski definition) is 8. The minimum absolute atomic E-state index is 0.150. The Hall–Kier alpha value is -2.12. The zero-order valence-corrected chi connectivity index (χ0v) is 56.4. The summed E-state index contributed by atoms with van der Waals surface area (Å²) in [5, 5.41) is 0. The van der Waals surface area contributed by atoms with Gasteiger partial charge in [-0.1, -0.05) is 387 Å². The van der Waals surface area contributed by atoms with Crippen molar-refractivity contribution < 1.29 is 38.1 Å². The van der Waals surface area contributed by atoms with Crippen LogP contribution in [0.2, 0.25) is 0 Å². The normalized spacial score (nSPS) is 11.6. The fourth-order valence-electron chi connectivity index (χ4n) is 11.8. The summed E-state index contributed by atoms with van der Waals surface area (Å²) in [6, 6.07) is 0. The number of carbonyl (C=O) groups excluding carboxylic acids is 4. The van der Waals surface area contributed by atoms with Gasteiger partial charge in [0.05, 0.1) is 0 Å². The minimum atomic E-state index is -2.03. The molecule has 8 heteroatoms. The second-order valence-electron chi connectivity index (χ2n) is 26.0. The van der Waals surface area contributed by atoms with Crippen LogP contribution in [-0.4, -0.2) is 42.9 Å². The molecule has 0 rings (SSSR count). The van der Waals surface area contributed by atoms with Crippen LogP contribution >= 0.6 is 0 Å². The molecule has 0 unspecified atom stereocenters. The van der Waals surface area contributed by atoms with Gasteiger partial charge in [-0.15, -0.1) is 0 Å². The van der Waals surface area contributed by atoms with Crippen LogP contribution in [0.25, 0.3) is 0 Å². The number of hydrogen-bond donors (Lipinski definition) is 0. The van der Waals surface area contributed by atoms with Gasteiger partial charge >= 0.3 is 29.7 Å². The molecule has 0 aromatic heterocycles. The summed E-state index contributed by atoms with van der Waals surface area (Å²) in [4.78, 5) is 54.2. The van der Waals surface area contributed by atoms with E-state index in [4.69, 9.17) is 18.9 Å². The molecule has 0 aliphatic carbocycles. The van der Waals surface area contributed by atoms with Crippen LogP contribution < -0.4 is 0 Å². The lowest BCUT2D eigenvalue weighted by molar-refractivity contribution is -0.259. The standard InChI is InChI=1S/C75H144O8/c1-5-9-13-17-21-25-29-33-37-41-45-49-53-57-61-65-71(76)80-69-75(82-73(78)67-63-59-55-51-47-43-39-35-31-27-23-19-15-11-7-3,83-74(79)68-64-60-56-52-48-44-40-36-32-28-24-20-16-12-8-4)70-81-72(77)66-62-58-54-50-46-42-38-34-30-26-22-18-14-10-6-2/h5-70H2,1-4H3. The molecule has 0 atom stereocenters. The molecule has 0 fully saturated rings. The first-order valence-electron chi connectivity index (χ1n) is 37.6. The summed E-state index contributed by atoms with van der Waals surface area (Å²) < 4.78 is 23.8. The topological polar surface area (TPSA) is 105 Å². The fraction of sp³-hybridized carbons (Fsp3) is 0.947. The molecule has 83 heavy (non-hydrogen) atoms. The van der Waals surface area contributed by atoms with Crippen molar-refractivity contribution in [2.24, 2.45) is 0 Å². The summed E-state index contributed by atoms with van der Waals surface area (Å²) in [6.07, 6.45) is 74.8. The molecule has 0 amide bonds. The Labute approximate surface area is 517 Å². The third-order valence-corrected chi connectivity index (χ3v) is 17.4. The van der Waals surface area contributed by atoms with E-state index in [1.165, 1.54) is 295 Å². The first-order valence-corrected chi connectivity index (χ1v) is 37.6. The van der Waals surface area contributed by atoms with Gasteiger partial charge in [-0.2, -0.15) is 0 Å². The van der Waals surface area contributed by atoms with Gasteiger partial charge in [0, 0.05) is 25.7 Å². The molecule has 0 aliphatic rings. The van der Waals surface area contributed by atoms with Crippen LogP contribution in [0.15, 0.2) is 0 Å². The number of ether oxygens (including phenoxy) is 4. The van der Waals surface area contributed by atoms with Crippen LogP contribution in [0.3, 0.4) is 0 Å². The zero-order chi connectivity index (χ0) is 60.3. The van der Waals surface area contributed by atoms with Crippen molar-refractivity contribution in [2.45, 2.75) is 444 Å². The monoisotopic (exact) mass is 1170 g/mol. The van der Waals surface area contributed by atoms with E-state index in [2.05, 4.69) is 27.7 Å². The third-order valence-electron chi connectivity index (χ3n) is 17.4. The quantitative estimate of drug-likeness (QED) is 0.0257. The molecular formula is C75H144O8. The van der Waals surface area contributed by atoms with Crippen LogP contribution in [0, 0.1) is 0 Å². The first kappa shape index (κ1) is 80.9. The van der Waals surface area contributed by atoms with Crippen molar-refractivity contribution in [2.75, 3.05) is 13.2 Å². The average molecular weight is 1170 g/mol. The number of carbonyl (C=O) groups is 4. The van der Waals surface area contributed by atoms with Crippen LogP contribution in [0.4, 0.5) is 0 Å². The Morgan fingerprint density at radius 2 is 0.325 bits per heavy atom. The van der Waals surface area contributed by atoms with E-state index in [9.17, 15) is 19.2 Å². The lowest BCUT2D eigenvalue weighted by atomic mass is 10.0. The van der Waals surface area contributed by atoms with Crippen molar-refractivity contribution in [1.82, 2.24) is 0 Å². The third kappa shape index (κ3) is 62.7. The van der Waals surface area contributed by atoms with E-state index >= 15 is 0 Å². The number of unbranched alkanes of at least 4 members (excludes halogenated alkanes) is 56. The van der Waals surface area contributed by atoms with Crippen molar-refractivity contribution in [1.29, 1.82) is 0 Å². The molecule has 0 radical (unpaired) electrons. The molecule has 0 aromatic carbocycles. The lowest BCUT2D eigenvalue weighted by Gasteiger charge is -2.32. The maximum Gasteiger partial charge on any atom is 0.325 e. The second-order valence-corrected chi connectivity index (χ2v) is 26.0. The second kappa shape index (κ2) is 67.4. The Balaban J connectivity index is 5.42. The van der Waals surface area contributed by atoms with Gasteiger partial charge in [0.2, 0.25) is 0 Å². The molecule has 492 valence electrons. The Bertz CT molecular complexity index is 1250. The van der Waals surface area contributed by atoms with Gasteiger partial charge in [-0.3, -0.25) is 19.2 Å². The van der Waals surface area contributed by atoms with Gasteiger partial charge in [-0.25, -0.2) is 0 Å². The van der Waals surface area contributed by atoms with Crippen LogP contribution in [0.1, 0.15) is 439 Å². The highest BCUT2D eigenvalue weighted by Gasteiger charge is 2.42. The molecule has 8 nitrogen and oxygen atoms in total. The predicted molar refractivity (Wildman–Crippen MR) is 355 cm³/mol. The van der Waals surface area contributed by atoms with Gasteiger partial charge in [0.1, 0.15) is 0 Å². The molecule has 0 spiro atoms. The maximum absolute atomic E-state index is 13.7. The molecule has 0 N–H and O–H groups in total.